The standard InChI is InChI=1S/C23H27N3O3S/c1-3-24-22(28)20-16-21(27)26(15-7-10-17-8-5-4-6-9-17)23(30-20)25-18-11-13-19(29-2)14-12-18/h4-6,8-9,11-14,20H,3,7,10,15-16H2,1-2H3,(H,24,28)/t20-/m1/s1. The van der Waals surface area contributed by atoms with E-state index in [1.54, 1.807) is 12.0 Å². The highest BCUT2D eigenvalue weighted by atomic mass is 32.2. The zero-order chi connectivity index (χ0) is 21.3. The fraction of sp³-hybridized carbons (Fsp3) is 0.348. The number of methoxy groups -OCH3 is 1. The van der Waals surface area contributed by atoms with Gasteiger partial charge in [0.05, 0.1) is 18.0 Å². The Balaban J connectivity index is 1.77. The summed E-state index contributed by atoms with van der Waals surface area (Å²) < 4.78 is 5.20. The molecule has 1 N–H and O–H groups in total. The summed E-state index contributed by atoms with van der Waals surface area (Å²) in [4.78, 5) is 31.7. The molecule has 2 aromatic carbocycles. The van der Waals surface area contributed by atoms with Gasteiger partial charge >= 0.3 is 0 Å². The maximum absolute atomic E-state index is 12.9. The Morgan fingerprint density at radius 2 is 1.93 bits per heavy atom. The Morgan fingerprint density at radius 1 is 1.20 bits per heavy atom. The van der Waals surface area contributed by atoms with Gasteiger partial charge in [-0.05, 0) is 49.6 Å². The van der Waals surface area contributed by atoms with Crippen LogP contribution in [0.15, 0.2) is 59.6 Å². The van der Waals surface area contributed by atoms with Gasteiger partial charge in [0, 0.05) is 19.5 Å². The SMILES string of the molecule is CCNC(=O)[C@H]1CC(=O)N(CCCc2ccccc2)C(=Nc2ccc(OC)cc2)S1. The lowest BCUT2D eigenvalue weighted by Gasteiger charge is -2.31. The Labute approximate surface area is 181 Å². The van der Waals surface area contributed by atoms with Gasteiger partial charge in [-0.3, -0.25) is 14.5 Å². The fourth-order valence-electron chi connectivity index (χ4n) is 3.20. The third-order valence-electron chi connectivity index (χ3n) is 4.77. The minimum atomic E-state index is -0.458. The first-order valence-corrected chi connectivity index (χ1v) is 11.0. The predicted molar refractivity (Wildman–Crippen MR) is 121 cm³/mol. The van der Waals surface area contributed by atoms with Crippen LogP contribution >= 0.6 is 11.8 Å². The lowest BCUT2D eigenvalue weighted by atomic mass is 10.1. The molecule has 1 heterocycles. The molecule has 7 heteroatoms. The van der Waals surface area contributed by atoms with Crippen LogP contribution in [0.5, 0.6) is 5.75 Å². The molecule has 0 spiro atoms. The number of hydrogen-bond donors (Lipinski definition) is 1. The van der Waals surface area contributed by atoms with E-state index in [0.29, 0.717) is 18.3 Å². The Morgan fingerprint density at radius 3 is 2.60 bits per heavy atom. The van der Waals surface area contributed by atoms with Crippen LogP contribution in [-0.2, 0) is 16.0 Å². The van der Waals surface area contributed by atoms with Crippen molar-refractivity contribution in [3.05, 3.63) is 60.2 Å². The van der Waals surface area contributed by atoms with Gasteiger partial charge in [-0.1, -0.05) is 42.1 Å². The summed E-state index contributed by atoms with van der Waals surface area (Å²) in [7, 11) is 1.61. The van der Waals surface area contributed by atoms with E-state index in [1.807, 2.05) is 49.4 Å². The molecule has 0 saturated carbocycles. The van der Waals surface area contributed by atoms with Crippen molar-refractivity contribution < 1.29 is 14.3 Å². The van der Waals surface area contributed by atoms with Crippen LogP contribution in [0.4, 0.5) is 5.69 Å². The second-order valence-electron chi connectivity index (χ2n) is 6.93. The van der Waals surface area contributed by atoms with Crippen LogP contribution in [0, 0.1) is 0 Å². The maximum Gasteiger partial charge on any atom is 0.234 e. The van der Waals surface area contributed by atoms with Gasteiger partial charge in [0.2, 0.25) is 11.8 Å². The van der Waals surface area contributed by atoms with Gasteiger partial charge in [0.15, 0.2) is 5.17 Å². The van der Waals surface area contributed by atoms with Crippen LogP contribution in [-0.4, -0.2) is 47.3 Å². The van der Waals surface area contributed by atoms with Gasteiger partial charge in [-0.2, -0.15) is 0 Å². The molecule has 1 aliphatic rings. The highest BCUT2D eigenvalue weighted by Gasteiger charge is 2.35. The predicted octanol–water partition coefficient (Wildman–Crippen LogP) is 3.79. The van der Waals surface area contributed by atoms with E-state index in [9.17, 15) is 9.59 Å². The largest absolute Gasteiger partial charge is 0.497 e. The number of carbonyl (C=O) groups excluding carboxylic acids is 2. The normalized spacial score (nSPS) is 17.8. The second kappa shape index (κ2) is 10.8. The van der Waals surface area contributed by atoms with Crippen molar-refractivity contribution in [3.63, 3.8) is 0 Å². The fourth-order valence-corrected chi connectivity index (χ4v) is 4.35. The number of rotatable bonds is 8. The minimum Gasteiger partial charge on any atom is -0.497 e. The second-order valence-corrected chi connectivity index (χ2v) is 8.10. The summed E-state index contributed by atoms with van der Waals surface area (Å²) in [6, 6.07) is 17.5. The molecule has 158 valence electrons. The summed E-state index contributed by atoms with van der Waals surface area (Å²) >= 11 is 1.35. The first kappa shape index (κ1) is 21.9. The van der Waals surface area contributed by atoms with Crippen molar-refractivity contribution in [1.29, 1.82) is 0 Å². The number of ether oxygens (including phenoxy) is 1. The lowest BCUT2D eigenvalue weighted by molar-refractivity contribution is -0.130. The van der Waals surface area contributed by atoms with Gasteiger partial charge in [0.1, 0.15) is 5.75 Å². The molecule has 0 bridgehead atoms. The number of nitrogens with zero attached hydrogens (tertiary/aromatic N) is 2. The Hall–Kier alpha value is -2.80. The number of aryl methyl sites for hydroxylation is 1. The maximum atomic E-state index is 12.9. The zero-order valence-corrected chi connectivity index (χ0v) is 18.2. The van der Waals surface area contributed by atoms with Gasteiger partial charge in [0.25, 0.3) is 0 Å². The summed E-state index contributed by atoms with van der Waals surface area (Å²) in [6.07, 6.45) is 1.89. The van der Waals surface area contributed by atoms with Gasteiger partial charge in [-0.15, -0.1) is 0 Å². The number of amidine groups is 1. The topological polar surface area (TPSA) is 71.0 Å². The number of thioether (sulfide) groups is 1. The van der Waals surface area contributed by atoms with Gasteiger partial charge < -0.3 is 10.1 Å². The van der Waals surface area contributed by atoms with E-state index in [2.05, 4.69) is 17.4 Å². The van der Waals surface area contributed by atoms with Crippen molar-refractivity contribution in [2.45, 2.75) is 31.4 Å². The monoisotopic (exact) mass is 425 g/mol. The lowest BCUT2D eigenvalue weighted by Crippen LogP contribution is -2.47. The first-order chi connectivity index (χ1) is 14.6. The van der Waals surface area contributed by atoms with E-state index in [1.165, 1.54) is 17.3 Å². The van der Waals surface area contributed by atoms with Gasteiger partial charge in [-0.25, -0.2) is 4.99 Å². The van der Waals surface area contributed by atoms with Crippen molar-refractivity contribution in [1.82, 2.24) is 10.2 Å². The minimum absolute atomic E-state index is 0.0645. The summed E-state index contributed by atoms with van der Waals surface area (Å²) in [6.45, 7) is 2.98. The molecule has 0 aliphatic carbocycles. The van der Waals surface area contributed by atoms with Crippen molar-refractivity contribution in [3.8, 4) is 5.75 Å². The van der Waals surface area contributed by atoms with E-state index < -0.39 is 5.25 Å². The Bertz CT molecular complexity index is 884. The summed E-state index contributed by atoms with van der Waals surface area (Å²) in [5.41, 5.74) is 1.96. The van der Waals surface area contributed by atoms with Crippen LogP contribution in [0.2, 0.25) is 0 Å². The molecule has 6 nitrogen and oxygen atoms in total. The van der Waals surface area contributed by atoms with E-state index in [0.717, 1.165) is 24.3 Å². The molecule has 0 aromatic heterocycles. The summed E-state index contributed by atoms with van der Waals surface area (Å²) in [5.74, 6) is 0.554. The molecule has 2 amide bonds. The van der Waals surface area contributed by atoms with Crippen LogP contribution < -0.4 is 10.1 Å². The molecule has 30 heavy (non-hydrogen) atoms. The number of amides is 2. The molecule has 1 saturated heterocycles. The zero-order valence-electron chi connectivity index (χ0n) is 17.3. The van der Waals surface area contributed by atoms with E-state index in [-0.39, 0.29) is 18.2 Å². The van der Waals surface area contributed by atoms with Crippen LogP contribution in [0.3, 0.4) is 0 Å². The molecule has 0 radical (unpaired) electrons. The van der Waals surface area contributed by atoms with Crippen molar-refractivity contribution in [2.75, 3.05) is 20.2 Å². The molecular weight excluding hydrogens is 398 g/mol. The third kappa shape index (κ3) is 5.86. The molecule has 0 unspecified atom stereocenters. The molecular formula is C23H27N3O3S. The van der Waals surface area contributed by atoms with Crippen molar-refractivity contribution >= 4 is 34.4 Å². The van der Waals surface area contributed by atoms with Crippen molar-refractivity contribution in [2.24, 2.45) is 4.99 Å². The number of hydrogen-bond acceptors (Lipinski definition) is 5. The molecule has 1 aliphatic heterocycles. The number of nitrogens with one attached hydrogen (secondary N) is 1. The molecule has 1 atom stereocenters. The summed E-state index contributed by atoms with van der Waals surface area (Å²) in [5, 5.41) is 2.92. The van der Waals surface area contributed by atoms with E-state index >= 15 is 0 Å². The average Bonchev–Trinajstić information content (AvgIpc) is 2.76. The average molecular weight is 426 g/mol. The third-order valence-corrected chi connectivity index (χ3v) is 5.96. The van der Waals surface area contributed by atoms with E-state index in [4.69, 9.17) is 9.73 Å². The number of carbonyl (C=O) groups is 2. The molecule has 3 rings (SSSR count). The quantitative estimate of drug-likeness (QED) is 0.699. The van der Waals surface area contributed by atoms with Crippen LogP contribution in [0.1, 0.15) is 25.3 Å². The van der Waals surface area contributed by atoms with Crippen LogP contribution in [0.25, 0.3) is 0 Å². The highest BCUT2D eigenvalue weighted by molar-refractivity contribution is 8.15. The first-order valence-electron chi connectivity index (χ1n) is 10.1. The highest BCUT2D eigenvalue weighted by Crippen LogP contribution is 2.30. The smallest absolute Gasteiger partial charge is 0.234 e. The molecule has 1 fully saturated rings. The Kier molecular flexibility index (Phi) is 7.90. The number of benzene rings is 2. The molecule has 2 aromatic rings. The number of aliphatic imine (C=N–C) groups is 1.